The average Bonchev–Trinajstić information content (AvgIpc) is 3.12. The minimum absolute atomic E-state index is 0.0170. The van der Waals surface area contributed by atoms with Crippen molar-refractivity contribution in [3.8, 4) is 5.75 Å². The van der Waals surface area contributed by atoms with E-state index in [1.165, 1.54) is 21.4 Å². The first kappa shape index (κ1) is 18.4. The highest BCUT2D eigenvalue weighted by Crippen LogP contribution is 2.19. The number of nitrogens with one attached hydrogen (secondary N) is 1. The smallest absolute Gasteiger partial charge is 0.262 e. The number of imidazole rings is 1. The normalized spacial score (nSPS) is 15.6. The third-order valence-electron chi connectivity index (χ3n) is 4.23. The molecule has 2 aromatic rings. The van der Waals surface area contributed by atoms with E-state index in [1.54, 1.807) is 31.4 Å². The number of anilines is 1. The summed E-state index contributed by atoms with van der Waals surface area (Å²) < 4.78 is 33.1. The summed E-state index contributed by atoms with van der Waals surface area (Å²) >= 11 is 0. The highest BCUT2D eigenvalue weighted by molar-refractivity contribution is 7.89. The summed E-state index contributed by atoms with van der Waals surface area (Å²) in [6.45, 7) is 1.02. The number of nitrogens with zero attached hydrogens (tertiary/aromatic N) is 3. The minimum atomic E-state index is -3.59. The van der Waals surface area contributed by atoms with Crippen LogP contribution in [0.3, 0.4) is 0 Å². The van der Waals surface area contributed by atoms with E-state index in [2.05, 4.69) is 10.3 Å². The van der Waals surface area contributed by atoms with Crippen LogP contribution in [0.5, 0.6) is 5.75 Å². The average molecular weight is 378 g/mol. The van der Waals surface area contributed by atoms with Gasteiger partial charge in [0.1, 0.15) is 12.3 Å². The molecule has 1 N–H and O–H groups in total. The predicted octanol–water partition coefficient (Wildman–Crippen LogP) is 1.70. The Hall–Kier alpha value is -2.39. The van der Waals surface area contributed by atoms with Gasteiger partial charge in [-0.15, -0.1) is 0 Å². The van der Waals surface area contributed by atoms with E-state index in [4.69, 9.17) is 4.74 Å². The van der Waals surface area contributed by atoms with Crippen LogP contribution in [0.1, 0.15) is 19.3 Å². The van der Waals surface area contributed by atoms with Crippen molar-refractivity contribution in [2.75, 3.05) is 25.5 Å². The van der Waals surface area contributed by atoms with Crippen molar-refractivity contribution in [3.63, 3.8) is 0 Å². The molecule has 0 bridgehead atoms. The maximum absolute atomic E-state index is 12.6. The second-order valence-electron chi connectivity index (χ2n) is 6.13. The molecule has 0 saturated carbocycles. The maximum atomic E-state index is 12.6. The molecule has 0 atom stereocenters. The SMILES string of the molecule is COc1ccc(NC(=O)Cn2cnc(S(=O)(=O)N3CCCCC3)c2)cc1. The van der Waals surface area contributed by atoms with Crippen LogP contribution >= 0.6 is 0 Å². The van der Waals surface area contributed by atoms with Crippen molar-refractivity contribution in [2.45, 2.75) is 30.8 Å². The second-order valence-corrected chi connectivity index (χ2v) is 8.01. The Balaban J connectivity index is 1.62. The summed E-state index contributed by atoms with van der Waals surface area (Å²) in [5, 5.41) is 2.73. The van der Waals surface area contributed by atoms with Gasteiger partial charge in [-0.25, -0.2) is 13.4 Å². The van der Waals surface area contributed by atoms with Crippen molar-refractivity contribution in [3.05, 3.63) is 36.8 Å². The molecule has 0 radical (unpaired) electrons. The zero-order chi connectivity index (χ0) is 18.6. The van der Waals surface area contributed by atoms with E-state index >= 15 is 0 Å². The van der Waals surface area contributed by atoms with Crippen LogP contribution in [0.4, 0.5) is 5.69 Å². The van der Waals surface area contributed by atoms with Gasteiger partial charge in [0.25, 0.3) is 10.0 Å². The number of piperidine rings is 1. The number of sulfonamides is 1. The molecule has 1 aliphatic rings. The lowest BCUT2D eigenvalue weighted by atomic mass is 10.2. The Morgan fingerprint density at radius 3 is 2.54 bits per heavy atom. The molecule has 0 spiro atoms. The summed E-state index contributed by atoms with van der Waals surface area (Å²) in [5.41, 5.74) is 0.636. The van der Waals surface area contributed by atoms with Gasteiger partial charge in [0.15, 0.2) is 5.03 Å². The molecule has 1 amide bonds. The molecule has 1 fully saturated rings. The van der Waals surface area contributed by atoms with Gasteiger partial charge in [0.05, 0.1) is 13.4 Å². The third kappa shape index (κ3) is 4.23. The first-order valence-electron chi connectivity index (χ1n) is 8.45. The maximum Gasteiger partial charge on any atom is 0.262 e. The minimum Gasteiger partial charge on any atom is -0.497 e. The number of carbonyl (C=O) groups is 1. The zero-order valence-electron chi connectivity index (χ0n) is 14.6. The molecular weight excluding hydrogens is 356 g/mol. The van der Waals surface area contributed by atoms with Crippen LogP contribution < -0.4 is 10.1 Å². The quantitative estimate of drug-likeness (QED) is 0.826. The van der Waals surface area contributed by atoms with Gasteiger partial charge in [-0.3, -0.25) is 4.79 Å². The molecule has 8 nitrogen and oxygen atoms in total. The number of amides is 1. The summed E-state index contributed by atoms with van der Waals surface area (Å²) in [6, 6.07) is 6.96. The van der Waals surface area contributed by atoms with Gasteiger partial charge in [-0.05, 0) is 37.1 Å². The largest absolute Gasteiger partial charge is 0.497 e. The van der Waals surface area contributed by atoms with Crippen molar-refractivity contribution < 1.29 is 17.9 Å². The first-order chi connectivity index (χ1) is 12.5. The van der Waals surface area contributed by atoms with E-state index in [-0.39, 0.29) is 17.5 Å². The van der Waals surface area contributed by atoms with Gasteiger partial charge in [-0.1, -0.05) is 6.42 Å². The molecule has 1 saturated heterocycles. The molecule has 1 aromatic heterocycles. The Labute approximate surface area is 152 Å². The lowest BCUT2D eigenvalue weighted by molar-refractivity contribution is -0.116. The third-order valence-corrected chi connectivity index (χ3v) is 6.01. The molecule has 3 rings (SSSR count). The molecular formula is C17H22N4O4S. The van der Waals surface area contributed by atoms with Gasteiger partial charge in [-0.2, -0.15) is 4.31 Å². The second kappa shape index (κ2) is 7.88. The lowest BCUT2D eigenvalue weighted by Crippen LogP contribution is -2.35. The topological polar surface area (TPSA) is 93.5 Å². The van der Waals surface area contributed by atoms with Gasteiger partial charge in [0, 0.05) is 25.0 Å². The fourth-order valence-corrected chi connectivity index (χ4v) is 4.29. The predicted molar refractivity (Wildman–Crippen MR) is 96.5 cm³/mol. The molecule has 9 heteroatoms. The van der Waals surface area contributed by atoms with E-state index in [0.717, 1.165) is 19.3 Å². The van der Waals surface area contributed by atoms with Crippen LogP contribution in [0, 0.1) is 0 Å². The van der Waals surface area contributed by atoms with Crippen LogP contribution in [0.25, 0.3) is 0 Å². The number of hydrogen-bond donors (Lipinski definition) is 1. The number of benzene rings is 1. The highest BCUT2D eigenvalue weighted by atomic mass is 32.2. The van der Waals surface area contributed by atoms with E-state index in [0.29, 0.717) is 24.5 Å². The number of ether oxygens (including phenoxy) is 1. The van der Waals surface area contributed by atoms with Crippen LogP contribution in [-0.4, -0.2) is 48.4 Å². The van der Waals surface area contributed by atoms with E-state index in [1.807, 2.05) is 0 Å². The van der Waals surface area contributed by atoms with E-state index < -0.39 is 10.0 Å². The fourth-order valence-electron chi connectivity index (χ4n) is 2.84. The Morgan fingerprint density at radius 1 is 1.19 bits per heavy atom. The van der Waals surface area contributed by atoms with Crippen molar-refractivity contribution in [1.82, 2.24) is 13.9 Å². The van der Waals surface area contributed by atoms with Gasteiger partial charge < -0.3 is 14.6 Å². The number of methoxy groups -OCH3 is 1. The van der Waals surface area contributed by atoms with Gasteiger partial charge >= 0.3 is 0 Å². The van der Waals surface area contributed by atoms with Crippen LogP contribution in [0.2, 0.25) is 0 Å². The van der Waals surface area contributed by atoms with Crippen molar-refractivity contribution in [2.24, 2.45) is 0 Å². The van der Waals surface area contributed by atoms with Crippen molar-refractivity contribution >= 4 is 21.6 Å². The van der Waals surface area contributed by atoms with Crippen LogP contribution in [0.15, 0.2) is 41.8 Å². The number of aromatic nitrogens is 2. The molecule has 140 valence electrons. The molecule has 1 aliphatic heterocycles. The highest BCUT2D eigenvalue weighted by Gasteiger charge is 2.28. The number of carbonyl (C=O) groups excluding carboxylic acids is 1. The Bertz CT molecular complexity index is 855. The molecule has 26 heavy (non-hydrogen) atoms. The fraction of sp³-hybridized carbons (Fsp3) is 0.412. The summed E-state index contributed by atoms with van der Waals surface area (Å²) in [6.07, 6.45) is 5.54. The standard InChI is InChI=1S/C17H22N4O4S/c1-25-15-7-5-14(6-8-15)19-16(22)11-20-12-17(18-13-20)26(23,24)21-9-3-2-4-10-21/h5-8,12-13H,2-4,9-11H2,1H3,(H,19,22). The summed E-state index contributed by atoms with van der Waals surface area (Å²) in [5.74, 6) is 0.430. The monoisotopic (exact) mass is 378 g/mol. The number of rotatable bonds is 6. The molecule has 2 heterocycles. The summed E-state index contributed by atoms with van der Waals surface area (Å²) in [7, 11) is -2.02. The molecule has 0 aliphatic carbocycles. The van der Waals surface area contributed by atoms with E-state index in [9.17, 15) is 13.2 Å². The van der Waals surface area contributed by atoms with Crippen LogP contribution in [-0.2, 0) is 21.4 Å². The Kier molecular flexibility index (Phi) is 5.58. The Morgan fingerprint density at radius 2 is 1.88 bits per heavy atom. The molecule has 0 unspecified atom stereocenters. The van der Waals surface area contributed by atoms with Crippen molar-refractivity contribution in [1.29, 1.82) is 0 Å². The first-order valence-corrected chi connectivity index (χ1v) is 9.89. The molecule has 1 aromatic carbocycles. The lowest BCUT2D eigenvalue weighted by Gasteiger charge is -2.24. The summed E-state index contributed by atoms with van der Waals surface area (Å²) in [4.78, 5) is 16.1. The zero-order valence-corrected chi connectivity index (χ0v) is 15.4. The number of hydrogen-bond acceptors (Lipinski definition) is 5. The van der Waals surface area contributed by atoms with Gasteiger partial charge in [0.2, 0.25) is 5.91 Å².